The molecule has 1 aliphatic rings. The van der Waals surface area contributed by atoms with E-state index in [0.29, 0.717) is 11.6 Å². The van der Waals surface area contributed by atoms with E-state index in [-0.39, 0.29) is 12.7 Å². The molecule has 98 valence electrons. The summed E-state index contributed by atoms with van der Waals surface area (Å²) in [5, 5.41) is 8.99. The van der Waals surface area contributed by atoms with Gasteiger partial charge in [0, 0.05) is 19.6 Å². The number of nitrogens with two attached hydrogens (primary N) is 1. The van der Waals surface area contributed by atoms with Gasteiger partial charge >= 0.3 is 0 Å². The predicted molar refractivity (Wildman–Crippen MR) is 74.2 cm³/mol. The fourth-order valence-electron chi connectivity index (χ4n) is 2.03. The van der Waals surface area contributed by atoms with Gasteiger partial charge in [-0.1, -0.05) is 36.5 Å². The first-order valence-electron chi connectivity index (χ1n) is 6.01. The van der Waals surface area contributed by atoms with E-state index in [1.165, 1.54) is 5.56 Å². The molecule has 1 fully saturated rings. The van der Waals surface area contributed by atoms with E-state index in [1.807, 2.05) is 24.3 Å². The van der Waals surface area contributed by atoms with Crippen molar-refractivity contribution >= 4 is 17.2 Å². The zero-order chi connectivity index (χ0) is 13.0. The molecule has 1 unspecified atom stereocenters. The molecule has 0 aromatic heterocycles. The molecule has 0 radical (unpaired) electrons. The van der Waals surface area contributed by atoms with Crippen molar-refractivity contribution in [2.75, 3.05) is 19.7 Å². The zero-order valence-corrected chi connectivity index (χ0v) is 11.0. The van der Waals surface area contributed by atoms with Crippen LogP contribution >= 0.6 is 12.2 Å². The quantitative estimate of drug-likeness (QED) is 0.784. The van der Waals surface area contributed by atoms with Crippen molar-refractivity contribution in [3.05, 3.63) is 35.4 Å². The second-order valence-corrected chi connectivity index (χ2v) is 4.94. The first-order chi connectivity index (χ1) is 8.69. The maximum atomic E-state index is 8.99. The summed E-state index contributed by atoms with van der Waals surface area (Å²) in [5.41, 5.74) is 7.76. The van der Waals surface area contributed by atoms with Crippen molar-refractivity contribution in [2.24, 2.45) is 5.73 Å². The molecule has 0 saturated carbocycles. The van der Waals surface area contributed by atoms with Gasteiger partial charge in [-0.3, -0.25) is 4.90 Å². The van der Waals surface area contributed by atoms with Gasteiger partial charge in [-0.2, -0.15) is 0 Å². The van der Waals surface area contributed by atoms with E-state index in [4.69, 9.17) is 27.8 Å². The molecule has 0 spiro atoms. The summed E-state index contributed by atoms with van der Waals surface area (Å²) < 4.78 is 5.50. The lowest BCUT2D eigenvalue weighted by molar-refractivity contribution is 0.00390. The lowest BCUT2D eigenvalue weighted by Gasteiger charge is -2.32. The van der Waals surface area contributed by atoms with E-state index < -0.39 is 0 Å². The molecule has 0 amide bonds. The highest BCUT2D eigenvalue weighted by atomic mass is 32.1. The largest absolute Gasteiger partial charge is 0.392 e. The van der Waals surface area contributed by atoms with Crippen LogP contribution in [0.4, 0.5) is 0 Å². The molecule has 1 aliphatic heterocycles. The third-order valence-corrected chi connectivity index (χ3v) is 3.34. The Labute approximate surface area is 112 Å². The van der Waals surface area contributed by atoms with E-state index in [1.54, 1.807) is 0 Å². The molecule has 1 saturated heterocycles. The van der Waals surface area contributed by atoms with Gasteiger partial charge in [-0.05, 0) is 11.1 Å². The topological polar surface area (TPSA) is 58.7 Å². The van der Waals surface area contributed by atoms with E-state index in [0.717, 1.165) is 25.2 Å². The van der Waals surface area contributed by atoms with Crippen LogP contribution < -0.4 is 5.73 Å². The Hall–Kier alpha value is -1.01. The maximum Gasteiger partial charge on any atom is 0.120 e. The number of aliphatic hydroxyl groups excluding tert-OH is 1. The van der Waals surface area contributed by atoms with Crippen LogP contribution in [-0.4, -0.2) is 40.8 Å². The maximum absolute atomic E-state index is 8.99. The molecule has 5 heteroatoms. The third-order valence-electron chi connectivity index (χ3n) is 3.08. The Balaban J connectivity index is 1.93. The Bertz CT molecular complexity index is 408. The van der Waals surface area contributed by atoms with Crippen LogP contribution in [0.25, 0.3) is 0 Å². The summed E-state index contributed by atoms with van der Waals surface area (Å²) in [4.78, 5) is 2.71. The minimum atomic E-state index is -0.134. The fourth-order valence-corrected chi connectivity index (χ4v) is 2.17. The van der Waals surface area contributed by atoms with Crippen LogP contribution in [0.1, 0.15) is 11.1 Å². The first-order valence-corrected chi connectivity index (χ1v) is 6.42. The van der Waals surface area contributed by atoms with E-state index in [9.17, 15) is 0 Å². The number of hydrogen-bond acceptors (Lipinski definition) is 4. The van der Waals surface area contributed by atoms with Crippen LogP contribution in [0.15, 0.2) is 24.3 Å². The summed E-state index contributed by atoms with van der Waals surface area (Å²) in [5.74, 6) is 0. The minimum Gasteiger partial charge on any atom is -0.392 e. The number of aliphatic hydroxyl groups is 1. The molecular weight excluding hydrogens is 248 g/mol. The van der Waals surface area contributed by atoms with E-state index >= 15 is 0 Å². The van der Waals surface area contributed by atoms with Gasteiger partial charge in [-0.15, -0.1) is 0 Å². The normalized spacial score (nSPS) is 20.8. The lowest BCUT2D eigenvalue weighted by Crippen LogP contribution is -2.47. The molecule has 2 rings (SSSR count). The molecule has 3 N–H and O–H groups in total. The number of ether oxygens (including phenoxy) is 1. The Morgan fingerprint density at radius 3 is 2.67 bits per heavy atom. The molecule has 0 bridgehead atoms. The molecule has 0 aliphatic carbocycles. The van der Waals surface area contributed by atoms with Crippen molar-refractivity contribution in [1.29, 1.82) is 0 Å². The zero-order valence-electron chi connectivity index (χ0n) is 10.2. The van der Waals surface area contributed by atoms with Crippen molar-refractivity contribution in [3.8, 4) is 0 Å². The minimum absolute atomic E-state index is 0.0847. The fraction of sp³-hybridized carbons (Fsp3) is 0.462. The van der Waals surface area contributed by atoms with Gasteiger partial charge < -0.3 is 15.6 Å². The Morgan fingerprint density at radius 2 is 2.06 bits per heavy atom. The van der Waals surface area contributed by atoms with Gasteiger partial charge in [-0.25, -0.2) is 0 Å². The van der Waals surface area contributed by atoms with Crippen LogP contribution in [-0.2, 0) is 17.9 Å². The van der Waals surface area contributed by atoms with Gasteiger partial charge in [0.15, 0.2) is 0 Å². The molecule has 1 heterocycles. The average Bonchev–Trinajstić information content (AvgIpc) is 2.40. The lowest BCUT2D eigenvalue weighted by atomic mass is 10.1. The molecular formula is C13H18N2O2S. The van der Waals surface area contributed by atoms with Gasteiger partial charge in [0.05, 0.1) is 13.2 Å². The van der Waals surface area contributed by atoms with Gasteiger partial charge in [0.1, 0.15) is 11.1 Å². The van der Waals surface area contributed by atoms with Crippen LogP contribution in [0.5, 0.6) is 0 Å². The smallest absolute Gasteiger partial charge is 0.120 e. The highest BCUT2D eigenvalue weighted by Crippen LogP contribution is 2.12. The number of nitrogens with zero attached hydrogens (tertiary/aromatic N) is 1. The summed E-state index contributed by atoms with van der Waals surface area (Å²) in [6, 6.07) is 7.97. The monoisotopic (exact) mass is 266 g/mol. The van der Waals surface area contributed by atoms with Gasteiger partial charge in [0.25, 0.3) is 0 Å². The van der Waals surface area contributed by atoms with Crippen LogP contribution in [0.3, 0.4) is 0 Å². The molecule has 1 atom stereocenters. The molecule has 1 aromatic rings. The standard InChI is InChI=1S/C13H18N2O2S/c14-13(18)12-8-15(5-6-17-12)7-10-1-3-11(9-16)4-2-10/h1-4,12,16H,5-9H2,(H2,14,18). The number of morpholine rings is 1. The second kappa shape index (κ2) is 6.24. The molecule has 18 heavy (non-hydrogen) atoms. The first kappa shape index (κ1) is 13.4. The highest BCUT2D eigenvalue weighted by molar-refractivity contribution is 7.80. The summed E-state index contributed by atoms with van der Waals surface area (Å²) in [7, 11) is 0. The van der Waals surface area contributed by atoms with Crippen LogP contribution in [0, 0.1) is 0 Å². The van der Waals surface area contributed by atoms with Crippen molar-refractivity contribution in [2.45, 2.75) is 19.3 Å². The highest BCUT2D eigenvalue weighted by Gasteiger charge is 2.22. The van der Waals surface area contributed by atoms with Gasteiger partial charge in [0.2, 0.25) is 0 Å². The Morgan fingerprint density at radius 1 is 1.39 bits per heavy atom. The van der Waals surface area contributed by atoms with Crippen molar-refractivity contribution in [3.63, 3.8) is 0 Å². The number of benzene rings is 1. The van der Waals surface area contributed by atoms with Crippen molar-refractivity contribution in [1.82, 2.24) is 4.90 Å². The summed E-state index contributed by atoms with van der Waals surface area (Å²) in [6.07, 6.45) is -0.134. The third kappa shape index (κ3) is 3.49. The Kier molecular flexibility index (Phi) is 4.66. The van der Waals surface area contributed by atoms with E-state index in [2.05, 4.69) is 4.90 Å². The number of rotatable bonds is 4. The SMILES string of the molecule is NC(=S)C1CN(Cc2ccc(CO)cc2)CCO1. The summed E-state index contributed by atoms with van der Waals surface area (Å²) >= 11 is 4.96. The second-order valence-electron chi connectivity index (χ2n) is 4.47. The van der Waals surface area contributed by atoms with Crippen LogP contribution in [0.2, 0.25) is 0 Å². The average molecular weight is 266 g/mol. The molecule has 4 nitrogen and oxygen atoms in total. The van der Waals surface area contributed by atoms with Crippen molar-refractivity contribution < 1.29 is 9.84 Å². The number of hydrogen-bond donors (Lipinski definition) is 2. The summed E-state index contributed by atoms with van der Waals surface area (Å²) in [6.45, 7) is 3.24. The predicted octanol–water partition coefficient (Wildman–Crippen LogP) is 0.666. The number of thiocarbonyl (C=S) groups is 1. The molecule has 1 aromatic carbocycles.